The summed E-state index contributed by atoms with van der Waals surface area (Å²) in [5, 5.41) is 12.2. The average Bonchev–Trinajstić information content (AvgIpc) is 3.37. The van der Waals surface area contributed by atoms with Gasteiger partial charge in [-0.25, -0.2) is 4.79 Å². The van der Waals surface area contributed by atoms with E-state index in [1.165, 1.54) is 12.2 Å². The van der Waals surface area contributed by atoms with Crippen LogP contribution in [0.3, 0.4) is 0 Å². The summed E-state index contributed by atoms with van der Waals surface area (Å²) < 4.78 is 15.4. The first-order valence-corrected chi connectivity index (χ1v) is 8.45. The van der Waals surface area contributed by atoms with E-state index >= 15 is 0 Å². The number of carbonyl (C=O) groups excluding carboxylic acids is 2. The van der Waals surface area contributed by atoms with Crippen molar-refractivity contribution < 1.29 is 23.8 Å². The maximum Gasteiger partial charge on any atom is 0.331 e. The highest BCUT2D eigenvalue weighted by molar-refractivity contribution is 6.32. The number of fused-ring (bicyclic) bond motifs is 1. The van der Waals surface area contributed by atoms with Gasteiger partial charge in [0, 0.05) is 6.08 Å². The molecule has 7 nitrogen and oxygen atoms in total. The Balaban J connectivity index is 1.51. The van der Waals surface area contributed by atoms with Gasteiger partial charge in [0.05, 0.1) is 11.1 Å². The fraction of sp³-hybridized carbons (Fsp3) is 0.389. The zero-order valence-electron chi connectivity index (χ0n) is 14.1. The molecule has 2 aliphatic rings. The van der Waals surface area contributed by atoms with E-state index in [-0.39, 0.29) is 12.7 Å². The molecule has 1 aromatic carbocycles. The van der Waals surface area contributed by atoms with Gasteiger partial charge in [-0.2, -0.15) is 5.26 Å². The number of esters is 1. The second kappa shape index (κ2) is 7.26. The van der Waals surface area contributed by atoms with Gasteiger partial charge in [0.1, 0.15) is 5.54 Å². The minimum atomic E-state index is -0.914. The summed E-state index contributed by atoms with van der Waals surface area (Å²) in [7, 11) is 0. The van der Waals surface area contributed by atoms with E-state index in [1.54, 1.807) is 19.1 Å². The van der Waals surface area contributed by atoms with Crippen molar-refractivity contribution in [3.63, 3.8) is 0 Å². The Bertz CT molecular complexity index is 813. The van der Waals surface area contributed by atoms with Crippen LogP contribution in [0.15, 0.2) is 18.2 Å². The second-order valence-electron chi connectivity index (χ2n) is 6.31. The summed E-state index contributed by atoms with van der Waals surface area (Å²) in [6.07, 6.45) is 4.50. The zero-order chi connectivity index (χ0) is 18.7. The van der Waals surface area contributed by atoms with Gasteiger partial charge >= 0.3 is 5.97 Å². The lowest BCUT2D eigenvalue weighted by atomic mass is 9.98. The molecule has 1 aromatic rings. The van der Waals surface area contributed by atoms with Crippen molar-refractivity contribution in [1.29, 1.82) is 5.26 Å². The van der Waals surface area contributed by atoms with Gasteiger partial charge in [-0.05, 0) is 49.5 Å². The summed E-state index contributed by atoms with van der Waals surface area (Å²) in [4.78, 5) is 23.7. The SMILES string of the molecule is C[C@@](C#N)(NC(=O)COC(=O)/C=C/c1cc(Cl)c2c(c1)OCO2)C1CC1. The van der Waals surface area contributed by atoms with E-state index in [0.717, 1.165) is 12.8 Å². The molecule has 1 N–H and O–H groups in total. The minimum Gasteiger partial charge on any atom is -0.454 e. The topological polar surface area (TPSA) is 97.7 Å². The van der Waals surface area contributed by atoms with Crippen molar-refractivity contribution >= 4 is 29.6 Å². The third-order valence-corrected chi connectivity index (χ3v) is 4.51. The highest BCUT2D eigenvalue weighted by Gasteiger charge is 2.43. The fourth-order valence-corrected chi connectivity index (χ4v) is 2.91. The smallest absolute Gasteiger partial charge is 0.331 e. The summed E-state index contributed by atoms with van der Waals surface area (Å²) in [5.41, 5.74) is -0.283. The van der Waals surface area contributed by atoms with Gasteiger partial charge in [0.25, 0.3) is 5.91 Å². The van der Waals surface area contributed by atoms with E-state index in [4.69, 9.17) is 25.8 Å². The summed E-state index contributed by atoms with van der Waals surface area (Å²) in [6, 6.07) is 5.41. The lowest BCUT2D eigenvalue weighted by molar-refractivity contribution is -0.144. The maximum atomic E-state index is 11.9. The van der Waals surface area contributed by atoms with Gasteiger partial charge in [-0.1, -0.05) is 11.6 Å². The molecule has 136 valence electrons. The van der Waals surface area contributed by atoms with Crippen molar-refractivity contribution in [2.45, 2.75) is 25.3 Å². The first-order chi connectivity index (χ1) is 12.4. The Morgan fingerprint density at radius 1 is 1.46 bits per heavy atom. The van der Waals surface area contributed by atoms with Crippen LogP contribution in [0.5, 0.6) is 11.5 Å². The Morgan fingerprint density at radius 2 is 2.23 bits per heavy atom. The van der Waals surface area contributed by atoms with Gasteiger partial charge in [0.2, 0.25) is 6.79 Å². The van der Waals surface area contributed by atoms with E-state index < -0.39 is 24.0 Å². The summed E-state index contributed by atoms with van der Waals surface area (Å²) >= 11 is 6.06. The van der Waals surface area contributed by atoms with Gasteiger partial charge in [-0.3, -0.25) is 4.79 Å². The lowest BCUT2D eigenvalue weighted by Crippen LogP contribution is -2.48. The van der Waals surface area contributed by atoms with Gasteiger partial charge in [0.15, 0.2) is 18.1 Å². The molecule has 0 aromatic heterocycles. The minimum absolute atomic E-state index is 0.0991. The van der Waals surface area contributed by atoms with Crippen LogP contribution in [0.25, 0.3) is 6.08 Å². The number of ether oxygens (including phenoxy) is 3. The molecule has 0 bridgehead atoms. The molecule has 0 saturated heterocycles. The van der Waals surface area contributed by atoms with E-state index in [2.05, 4.69) is 11.4 Å². The molecular formula is C18H17ClN2O5. The number of nitrogens with zero attached hydrogens (tertiary/aromatic N) is 1. The average molecular weight is 377 g/mol. The van der Waals surface area contributed by atoms with Crippen LogP contribution in [0.1, 0.15) is 25.3 Å². The predicted molar refractivity (Wildman–Crippen MR) is 92.5 cm³/mol. The predicted octanol–water partition coefficient (Wildman–Crippen LogP) is 2.43. The van der Waals surface area contributed by atoms with Crippen LogP contribution < -0.4 is 14.8 Å². The fourth-order valence-electron chi connectivity index (χ4n) is 2.64. The third-order valence-electron chi connectivity index (χ3n) is 4.23. The molecule has 0 radical (unpaired) electrons. The molecule has 0 spiro atoms. The number of benzene rings is 1. The normalized spacial score (nSPS) is 17.4. The number of amides is 1. The first-order valence-electron chi connectivity index (χ1n) is 8.07. The molecule has 26 heavy (non-hydrogen) atoms. The number of rotatable bonds is 6. The second-order valence-corrected chi connectivity index (χ2v) is 6.72. The van der Waals surface area contributed by atoms with Crippen molar-refractivity contribution in [1.82, 2.24) is 5.32 Å². The number of hydrogen-bond donors (Lipinski definition) is 1. The molecular weight excluding hydrogens is 360 g/mol. The van der Waals surface area contributed by atoms with Gasteiger partial charge < -0.3 is 19.5 Å². The van der Waals surface area contributed by atoms with E-state index in [1.807, 2.05) is 0 Å². The quantitative estimate of drug-likeness (QED) is 0.605. The molecule has 1 heterocycles. The third kappa shape index (κ3) is 4.09. The van der Waals surface area contributed by atoms with Crippen LogP contribution >= 0.6 is 11.6 Å². The summed E-state index contributed by atoms with van der Waals surface area (Å²) in [6.45, 7) is 1.32. The molecule has 1 amide bonds. The molecule has 0 unspecified atom stereocenters. The van der Waals surface area contributed by atoms with E-state index in [0.29, 0.717) is 22.1 Å². The van der Waals surface area contributed by atoms with Crippen molar-refractivity contribution in [2.24, 2.45) is 5.92 Å². The molecule has 1 fully saturated rings. The molecule has 1 aliphatic heterocycles. The molecule has 1 saturated carbocycles. The Morgan fingerprint density at radius 3 is 2.92 bits per heavy atom. The molecule has 3 rings (SSSR count). The first kappa shape index (κ1) is 18.1. The van der Waals surface area contributed by atoms with Crippen LogP contribution in [-0.2, 0) is 14.3 Å². The van der Waals surface area contributed by atoms with Crippen molar-refractivity contribution in [2.75, 3.05) is 13.4 Å². The van der Waals surface area contributed by atoms with Crippen LogP contribution in [-0.4, -0.2) is 30.8 Å². The number of carbonyl (C=O) groups is 2. The standard InChI is InChI=1S/C18H17ClN2O5/c1-18(9-20,12-3-4-12)21-15(22)8-24-16(23)5-2-11-6-13(19)17-14(7-11)25-10-26-17/h2,5-7,12H,3-4,8,10H2,1H3,(H,21,22)/b5-2+/t18-/m0/s1. The van der Waals surface area contributed by atoms with Gasteiger partial charge in [-0.15, -0.1) is 0 Å². The van der Waals surface area contributed by atoms with E-state index in [9.17, 15) is 14.9 Å². The highest BCUT2D eigenvalue weighted by atomic mass is 35.5. The van der Waals surface area contributed by atoms with Crippen LogP contribution in [0.4, 0.5) is 0 Å². The Labute approximate surface area is 155 Å². The Kier molecular flexibility index (Phi) is 5.05. The largest absolute Gasteiger partial charge is 0.454 e. The maximum absolute atomic E-state index is 11.9. The number of halogens is 1. The monoisotopic (exact) mass is 376 g/mol. The molecule has 8 heteroatoms. The zero-order valence-corrected chi connectivity index (χ0v) is 14.8. The summed E-state index contributed by atoms with van der Waals surface area (Å²) in [5.74, 6) is -0.0596. The highest BCUT2D eigenvalue weighted by Crippen LogP contribution is 2.40. The van der Waals surface area contributed by atoms with Crippen LogP contribution in [0, 0.1) is 17.2 Å². The molecule has 1 atom stereocenters. The Hall–Kier alpha value is -2.72. The van der Waals surface area contributed by atoms with Crippen molar-refractivity contribution in [3.8, 4) is 17.6 Å². The number of nitrogens with one attached hydrogen (secondary N) is 1. The van der Waals surface area contributed by atoms with Crippen LogP contribution in [0.2, 0.25) is 5.02 Å². The number of hydrogen-bond acceptors (Lipinski definition) is 6. The number of nitriles is 1. The molecule has 1 aliphatic carbocycles. The lowest BCUT2D eigenvalue weighted by Gasteiger charge is -2.22. The van der Waals surface area contributed by atoms with Crippen molar-refractivity contribution in [3.05, 3.63) is 28.8 Å².